The van der Waals surface area contributed by atoms with E-state index in [9.17, 15) is 9.59 Å². The molecule has 0 radical (unpaired) electrons. The van der Waals surface area contributed by atoms with Crippen molar-refractivity contribution in [3.8, 4) is 0 Å². The average molecular weight is 304 g/mol. The van der Waals surface area contributed by atoms with Crippen molar-refractivity contribution in [2.45, 2.75) is 39.5 Å². The number of fused-ring (bicyclic) bond motifs is 1. The number of benzene rings is 1. The van der Waals surface area contributed by atoms with Crippen LogP contribution in [0.2, 0.25) is 0 Å². The quantitative estimate of drug-likeness (QED) is 0.842. The SMILES string of the molecule is CCCCN1C(=O)CCc2cc(NC(=O)COCC)ccc21. The number of ether oxygens (including phenoxy) is 1. The van der Waals surface area contributed by atoms with Gasteiger partial charge in [-0.05, 0) is 43.5 Å². The number of hydrogen-bond donors (Lipinski definition) is 1. The zero-order chi connectivity index (χ0) is 15.9. The minimum Gasteiger partial charge on any atom is -0.372 e. The van der Waals surface area contributed by atoms with Crippen LogP contribution in [0.15, 0.2) is 18.2 Å². The number of hydrogen-bond acceptors (Lipinski definition) is 3. The maximum Gasteiger partial charge on any atom is 0.250 e. The van der Waals surface area contributed by atoms with E-state index >= 15 is 0 Å². The van der Waals surface area contributed by atoms with Crippen LogP contribution < -0.4 is 10.2 Å². The number of unbranched alkanes of at least 4 members (excludes halogenated alkanes) is 1. The second kappa shape index (κ2) is 7.94. The van der Waals surface area contributed by atoms with Gasteiger partial charge < -0.3 is 15.0 Å². The van der Waals surface area contributed by atoms with Crippen LogP contribution in [0.4, 0.5) is 11.4 Å². The molecular formula is C17H24N2O3. The molecule has 0 saturated carbocycles. The van der Waals surface area contributed by atoms with E-state index in [1.165, 1.54) is 0 Å². The highest BCUT2D eigenvalue weighted by molar-refractivity contribution is 5.97. The van der Waals surface area contributed by atoms with E-state index in [1.54, 1.807) is 0 Å². The number of anilines is 2. The van der Waals surface area contributed by atoms with Crippen molar-refractivity contribution in [1.82, 2.24) is 0 Å². The Morgan fingerprint density at radius 2 is 2.14 bits per heavy atom. The van der Waals surface area contributed by atoms with Gasteiger partial charge in [0.05, 0.1) is 0 Å². The molecule has 0 bridgehead atoms. The summed E-state index contributed by atoms with van der Waals surface area (Å²) in [4.78, 5) is 25.6. The minimum absolute atomic E-state index is 0.0642. The van der Waals surface area contributed by atoms with Crippen molar-refractivity contribution < 1.29 is 14.3 Å². The first-order valence-electron chi connectivity index (χ1n) is 7.96. The molecule has 1 aromatic carbocycles. The molecule has 2 rings (SSSR count). The van der Waals surface area contributed by atoms with Crippen LogP contribution in [0.3, 0.4) is 0 Å². The maximum absolute atomic E-state index is 12.1. The van der Waals surface area contributed by atoms with E-state index in [0.717, 1.165) is 42.7 Å². The predicted molar refractivity (Wildman–Crippen MR) is 87.1 cm³/mol. The van der Waals surface area contributed by atoms with Gasteiger partial charge >= 0.3 is 0 Å². The molecule has 0 unspecified atom stereocenters. The van der Waals surface area contributed by atoms with E-state index in [-0.39, 0.29) is 18.4 Å². The first-order valence-corrected chi connectivity index (χ1v) is 7.96. The Morgan fingerprint density at radius 3 is 2.86 bits per heavy atom. The molecule has 0 fully saturated rings. The summed E-state index contributed by atoms with van der Waals surface area (Å²) in [7, 11) is 0. The molecule has 1 N–H and O–H groups in total. The van der Waals surface area contributed by atoms with E-state index in [0.29, 0.717) is 13.0 Å². The van der Waals surface area contributed by atoms with Gasteiger partial charge in [-0.25, -0.2) is 0 Å². The molecule has 1 aliphatic rings. The zero-order valence-corrected chi connectivity index (χ0v) is 13.4. The summed E-state index contributed by atoms with van der Waals surface area (Å²) >= 11 is 0. The lowest BCUT2D eigenvalue weighted by Crippen LogP contribution is -2.35. The van der Waals surface area contributed by atoms with Gasteiger partial charge in [0.2, 0.25) is 11.8 Å². The zero-order valence-electron chi connectivity index (χ0n) is 13.4. The fraction of sp³-hybridized carbons (Fsp3) is 0.529. The van der Waals surface area contributed by atoms with Crippen LogP contribution in [-0.2, 0) is 20.7 Å². The highest BCUT2D eigenvalue weighted by Crippen LogP contribution is 2.30. The van der Waals surface area contributed by atoms with Crippen LogP contribution in [0.5, 0.6) is 0 Å². The molecule has 0 aliphatic carbocycles. The van der Waals surface area contributed by atoms with Gasteiger partial charge in [0, 0.05) is 30.9 Å². The smallest absolute Gasteiger partial charge is 0.250 e. The van der Waals surface area contributed by atoms with E-state index in [2.05, 4.69) is 12.2 Å². The van der Waals surface area contributed by atoms with Crippen molar-refractivity contribution in [3.05, 3.63) is 23.8 Å². The monoisotopic (exact) mass is 304 g/mol. The topological polar surface area (TPSA) is 58.6 Å². The predicted octanol–water partition coefficient (Wildman–Crippen LogP) is 2.74. The molecule has 0 spiro atoms. The standard InChI is InChI=1S/C17H24N2O3/c1-3-5-10-19-15-8-7-14(18-16(20)12-22-4-2)11-13(15)6-9-17(19)21/h7-8,11H,3-6,9-10,12H2,1-2H3,(H,18,20). The highest BCUT2D eigenvalue weighted by Gasteiger charge is 2.23. The van der Waals surface area contributed by atoms with Crippen molar-refractivity contribution >= 4 is 23.2 Å². The average Bonchev–Trinajstić information content (AvgIpc) is 2.52. The second-order valence-electron chi connectivity index (χ2n) is 5.43. The number of nitrogens with zero attached hydrogens (tertiary/aromatic N) is 1. The number of rotatable bonds is 7. The Kier molecular flexibility index (Phi) is 5.95. The fourth-order valence-corrected chi connectivity index (χ4v) is 2.59. The first kappa shape index (κ1) is 16.5. The van der Waals surface area contributed by atoms with Gasteiger partial charge in [-0.2, -0.15) is 0 Å². The lowest BCUT2D eigenvalue weighted by Gasteiger charge is -2.29. The van der Waals surface area contributed by atoms with Crippen molar-refractivity contribution in [1.29, 1.82) is 0 Å². The normalized spacial score (nSPS) is 13.9. The van der Waals surface area contributed by atoms with Crippen LogP contribution >= 0.6 is 0 Å². The molecule has 5 nitrogen and oxygen atoms in total. The molecule has 0 aromatic heterocycles. The second-order valence-corrected chi connectivity index (χ2v) is 5.43. The largest absolute Gasteiger partial charge is 0.372 e. The number of nitrogens with one attached hydrogen (secondary N) is 1. The molecule has 1 aliphatic heterocycles. The van der Waals surface area contributed by atoms with Gasteiger partial charge in [0.25, 0.3) is 0 Å². The van der Waals surface area contributed by atoms with Gasteiger partial charge in [0.1, 0.15) is 6.61 Å². The van der Waals surface area contributed by atoms with Gasteiger partial charge in [0.15, 0.2) is 0 Å². The molecule has 2 amide bonds. The van der Waals surface area contributed by atoms with Crippen molar-refractivity contribution in [2.75, 3.05) is 30.0 Å². The number of carbonyl (C=O) groups excluding carboxylic acids is 2. The molecule has 1 heterocycles. The molecule has 5 heteroatoms. The van der Waals surface area contributed by atoms with Crippen LogP contribution in [-0.4, -0.2) is 31.6 Å². The first-order chi connectivity index (χ1) is 10.7. The Morgan fingerprint density at radius 1 is 1.32 bits per heavy atom. The third kappa shape index (κ3) is 4.07. The summed E-state index contributed by atoms with van der Waals surface area (Å²) in [6.07, 6.45) is 3.32. The van der Waals surface area contributed by atoms with Crippen LogP contribution in [0, 0.1) is 0 Å². The third-order valence-corrected chi connectivity index (χ3v) is 3.74. The van der Waals surface area contributed by atoms with Crippen LogP contribution in [0.1, 0.15) is 38.7 Å². The van der Waals surface area contributed by atoms with E-state index in [1.807, 2.05) is 30.0 Å². The Bertz CT molecular complexity index is 543. The molecule has 0 saturated heterocycles. The molecular weight excluding hydrogens is 280 g/mol. The Balaban J connectivity index is 2.10. The third-order valence-electron chi connectivity index (χ3n) is 3.74. The van der Waals surface area contributed by atoms with Crippen molar-refractivity contribution in [3.63, 3.8) is 0 Å². The van der Waals surface area contributed by atoms with Crippen LogP contribution in [0.25, 0.3) is 0 Å². The summed E-state index contributed by atoms with van der Waals surface area (Å²) in [5, 5.41) is 2.83. The lowest BCUT2D eigenvalue weighted by molar-refractivity contribution is -0.120. The Labute approximate surface area is 131 Å². The molecule has 120 valence electrons. The molecule has 0 atom stereocenters. The number of amides is 2. The molecule has 1 aromatic rings. The fourth-order valence-electron chi connectivity index (χ4n) is 2.59. The lowest BCUT2D eigenvalue weighted by atomic mass is 10.00. The highest BCUT2D eigenvalue weighted by atomic mass is 16.5. The summed E-state index contributed by atoms with van der Waals surface area (Å²) < 4.78 is 5.09. The summed E-state index contributed by atoms with van der Waals surface area (Å²) in [6, 6.07) is 5.74. The summed E-state index contributed by atoms with van der Waals surface area (Å²) in [5.74, 6) is 0.0330. The summed E-state index contributed by atoms with van der Waals surface area (Å²) in [6.45, 7) is 5.32. The minimum atomic E-state index is -0.156. The number of carbonyl (C=O) groups is 2. The van der Waals surface area contributed by atoms with Gasteiger partial charge in [-0.1, -0.05) is 13.3 Å². The van der Waals surface area contributed by atoms with E-state index < -0.39 is 0 Å². The van der Waals surface area contributed by atoms with Gasteiger partial charge in [-0.3, -0.25) is 9.59 Å². The Hall–Kier alpha value is -1.88. The summed E-state index contributed by atoms with van der Waals surface area (Å²) in [5.41, 5.74) is 2.85. The maximum atomic E-state index is 12.1. The van der Waals surface area contributed by atoms with Gasteiger partial charge in [-0.15, -0.1) is 0 Å². The molecule has 22 heavy (non-hydrogen) atoms. The number of aryl methyl sites for hydroxylation is 1. The van der Waals surface area contributed by atoms with Crippen molar-refractivity contribution in [2.24, 2.45) is 0 Å². The van der Waals surface area contributed by atoms with E-state index in [4.69, 9.17) is 4.74 Å².